The number of carboxylic acids is 1. The lowest BCUT2D eigenvalue weighted by Crippen LogP contribution is -2.20. The molecule has 0 radical (unpaired) electrons. The van der Waals surface area contributed by atoms with Gasteiger partial charge in [0.05, 0.1) is 29.7 Å². The van der Waals surface area contributed by atoms with Crippen LogP contribution in [-0.4, -0.2) is 39.6 Å². The molecule has 0 fully saturated rings. The zero-order valence-electron chi connectivity index (χ0n) is 16.9. The second-order valence-corrected chi connectivity index (χ2v) is 8.02. The van der Waals surface area contributed by atoms with E-state index in [4.69, 9.17) is 9.84 Å². The first kappa shape index (κ1) is 20.7. The van der Waals surface area contributed by atoms with Crippen LogP contribution in [0.5, 0.6) is 5.75 Å². The first-order chi connectivity index (χ1) is 14.8. The fourth-order valence-electron chi connectivity index (χ4n) is 3.94. The van der Waals surface area contributed by atoms with E-state index in [-0.39, 0.29) is 18.7 Å². The second-order valence-electron chi connectivity index (χ2n) is 7.15. The van der Waals surface area contributed by atoms with Crippen LogP contribution in [0.4, 0.5) is 17.1 Å². The zero-order valence-corrected chi connectivity index (χ0v) is 17.8. The molecular weight excluding hydrogens is 420 g/mol. The topological polar surface area (TPSA) is 104 Å². The minimum Gasteiger partial charge on any atom is -0.495 e. The quantitative estimate of drug-likeness (QED) is 0.547. The van der Waals surface area contributed by atoms with E-state index in [2.05, 4.69) is 0 Å². The molecule has 1 N–H and O–H groups in total. The average Bonchev–Trinajstić information content (AvgIpc) is 3.00. The van der Waals surface area contributed by atoms with Gasteiger partial charge in [0, 0.05) is 24.2 Å². The van der Waals surface area contributed by atoms with E-state index in [1.54, 1.807) is 55.6 Å². The summed E-state index contributed by atoms with van der Waals surface area (Å²) >= 11 is 0. The molecule has 1 heterocycles. The summed E-state index contributed by atoms with van der Waals surface area (Å²) in [5.41, 5.74) is 2.45. The van der Waals surface area contributed by atoms with Crippen LogP contribution in [0, 0.1) is 0 Å². The molecule has 160 valence electrons. The van der Waals surface area contributed by atoms with E-state index in [0.717, 1.165) is 4.31 Å². The molecule has 0 saturated carbocycles. The van der Waals surface area contributed by atoms with Crippen LogP contribution in [0.3, 0.4) is 0 Å². The molecule has 31 heavy (non-hydrogen) atoms. The minimum absolute atomic E-state index is 0.101. The Balaban J connectivity index is 2.01. The number of rotatable bonds is 7. The SMILES string of the molecule is COc1ccccc1N(c1ccc2c3c(cc(CCC(=O)O)cc13)C(=O)N2C)[SH](=O)=O. The van der Waals surface area contributed by atoms with E-state index in [0.29, 0.717) is 44.7 Å². The number of hydrogen-bond acceptors (Lipinski definition) is 5. The molecule has 3 aromatic carbocycles. The molecule has 0 atom stereocenters. The number of methoxy groups -OCH3 is 1. The molecule has 1 aliphatic heterocycles. The molecule has 1 amide bonds. The molecule has 0 spiro atoms. The first-order valence-electron chi connectivity index (χ1n) is 9.50. The molecular formula is C22H20N2O6S. The van der Waals surface area contributed by atoms with Gasteiger partial charge in [0.1, 0.15) is 5.75 Å². The van der Waals surface area contributed by atoms with Crippen LogP contribution < -0.4 is 13.9 Å². The molecule has 0 saturated heterocycles. The predicted molar refractivity (Wildman–Crippen MR) is 118 cm³/mol. The highest BCUT2D eigenvalue weighted by molar-refractivity contribution is 7.74. The van der Waals surface area contributed by atoms with Gasteiger partial charge < -0.3 is 14.7 Å². The molecule has 0 unspecified atom stereocenters. The molecule has 3 aromatic rings. The van der Waals surface area contributed by atoms with Gasteiger partial charge in [-0.15, -0.1) is 0 Å². The van der Waals surface area contributed by atoms with Crippen molar-refractivity contribution in [3.05, 3.63) is 59.7 Å². The normalized spacial score (nSPS) is 12.6. The lowest BCUT2D eigenvalue weighted by atomic mass is 9.97. The summed E-state index contributed by atoms with van der Waals surface area (Å²) in [5.74, 6) is -0.791. The maximum absolute atomic E-state index is 12.8. The number of carbonyl (C=O) groups is 2. The number of aliphatic carboxylic acids is 1. The van der Waals surface area contributed by atoms with Crippen LogP contribution >= 0.6 is 0 Å². The Kier molecular flexibility index (Phi) is 5.28. The number of anilines is 3. The number of carboxylic acid groups (broad SMARTS) is 1. The van der Waals surface area contributed by atoms with Gasteiger partial charge in [0.2, 0.25) is 10.9 Å². The fourth-order valence-corrected chi connectivity index (χ4v) is 4.63. The summed E-state index contributed by atoms with van der Waals surface area (Å²) in [7, 11) is 0.0112. The number of aryl methyl sites for hydroxylation is 1. The van der Waals surface area contributed by atoms with Crippen molar-refractivity contribution in [1.29, 1.82) is 0 Å². The third-order valence-corrected chi connectivity index (χ3v) is 6.12. The number of nitrogens with zero attached hydrogens (tertiary/aromatic N) is 2. The van der Waals surface area contributed by atoms with E-state index < -0.39 is 16.9 Å². The van der Waals surface area contributed by atoms with Gasteiger partial charge >= 0.3 is 5.97 Å². The number of para-hydroxylation sites is 2. The van der Waals surface area contributed by atoms with Gasteiger partial charge in [-0.1, -0.05) is 12.1 Å². The van der Waals surface area contributed by atoms with Crippen LogP contribution in [0.1, 0.15) is 22.3 Å². The van der Waals surface area contributed by atoms with Gasteiger partial charge in [-0.2, -0.15) is 0 Å². The third kappa shape index (κ3) is 3.46. The van der Waals surface area contributed by atoms with E-state index in [1.165, 1.54) is 12.0 Å². The van der Waals surface area contributed by atoms with Crippen molar-refractivity contribution < 1.29 is 27.9 Å². The number of ether oxygens (including phenoxy) is 1. The Labute approximate surface area is 180 Å². The van der Waals surface area contributed by atoms with E-state index in [1.807, 2.05) is 0 Å². The largest absolute Gasteiger partial charge is 0.495 e. The Morgan fingerprint density at radius 1 is 1.13 bits per heavy atom. The number of benzene rings is 3. The highest BCUT2D eigenvalue weighted by Gasteiger charge is 2.30. The highest BCUT2D eigenvalue weighted by atomic mass is 32.2. The summed E-state index contributed by atoms with van der Waals surface area (Å²) in [6, 6.07) is 13.6. The molecule has 4 rings (SSSR count). The smallest absolute Gasteiger partial charge is 0.303 e. The lowest BCUT2D eigenvalue weighted by molar-refractivity contribution is -0.136. The monoisotopic (exact) mass is 440 g/mol. The summed E-state index contributed by atoms with van der Waals surface area (Å²) in [5, 5.41) is 10.3. The van der Waals surface area contributed by atoms with Crippen molar-refractivity contribution in [3.8, 4) is 5.75 Å². The molecule has 1 aliphatic rings. The number of amides is 1. The summed E-state index contributed by atoms with van der Waals surface area (Å²) in [6.07, 6.45) is 0.118. The summed E-state index contributed by atoms with van der Waals surface area (Å²) in [6.45, 7) is 0. The van der Waals surface area contributed by atoms with Crippen molar-refractivity contribution >= 4 is 50.6 Å². The predicted octanol–water partition coefficient (Wildman–Crippen LogP) is 3.12. The second kappa shape index (κ2) is 7.92. The Morgan fingerprint density at radius 2 is 1.87 bits per heavy atom. The van der Waals surface area contributed by atoms with Crippen molar-refractivity contribution in [1.82, 2.24) is 0 Å². The van der Waals surface area contributed by atoms with Crippen molar-refractivity contribution in [2.45, 2.75) is 12.8 Å². The standard InChI is InChI=1S/C22H20N2O6S/c1-23-18-9-8-16(24(31(28)29)17-5-3-4-6-19(17)30-2)14-11-13(7-10-20(25)26)12-15(21(14)18)22(23)27/h3-6,8-9,11-12,31H,7,10H2,1-2H3,(H,25,26). The average molecular weight is 440 g/mol. The number of carbonyl (C=O) groups excluding carboxylic acids is 1. The Hall–Kier alpha value is -3.59. The van der Waals surface area contributed by atoms with Crippen molar-refractivity contribution in [3.63, 3.8) is 0 Å². The summed E-state index contributed by atoms with van der Waals surface area (Å²) in [4.78, 5) is 25.4. The van der Waals surface area contributed by atoms with E-state index in [9.17, 15) is 18.0 Å². The maximum atomic E-state index is 12.8. The third-order valence-electron chi connectivity index (χ3n) is 5.36. The van der Waals surface area contributed by atoms with Gasteiger partial charge in [-0.3, -0.25) is 9.59 Å². The maximum Gasteiger partial charge on any atom is 0.303 e. The molecule has 0 bridgehead atoms. The summed E-state index contributed by atoms with van der Waals surface area (Å²) < 4.78 is 31.3. The van der Waals surface area contributed by atoms with E-state index >= 15 is 0 Å². The van der Waals surface area contributed by atoms with Crippen LogP contribution in [0.2, 0.25) is 0 Å². The fraction of sp³-hybridized carbons (Fsp3) is 0.182. The number of thiol groups is 1. The van der Waals surface area contributed by atoms with Gasteiger partial charge in [0.15, 0.2) is 0 Å². The Morgan fingerprint density at radius 3 is 2.55 bits per heavy atom. The zero-order chi connectivity index (χ0) is 22.3. The first-order valence-corrected chi connectivity index (χ1v) is 10.6. The molecule has 8 nitrogen and oxygen atoms in total. The van der Waals surface area contributed by atoms with Crippen LogP contribution in [-0.2, 0) is 22.1 Å². The lowest BCUT2D eigenvalue weighted by Gasteiger charge is -2.22. The molecule has 0 aliphatic carbocycles. The molecule has 0 aromatic heterocycles. The van der Waals surface area contributed by atoms with Crippen molar-refractivity contribution in [2.75, 3.05) is 23.4 Å². The minimum atomic E-state index is -3.10. The number of hydrogen-bond donors (Lipinski definition) is 2. The van der Waals surface area contributed by atoms with Gasteiger partial charge in [-0.25, -0.2) is 12.7 Å². The van der Waals surface area contributed by atoms with Crippen molar-refractivity contribution in [2.24, 2.45) is 0 Å². The van der Waals surface area contributed by atoms with Gasteiger partial charge in [-0.05, 0) is 48.4 Å². The van der Waals surface area contributed by atoms with Crippen LogP contribution in [0.25, 0.3) is 10.8 Å². The molecule has 9 heteroatoms. The van der Waals surface area contributed by atoms with Crippen LogP contribution in [0.15, 0.2) is 48.5 Å². The Bertz CT molecular complexity index is 1290. The highest BCUT2D eigenvalue weighted by Crippen LogP contribution is 2.44. The van der Waals surface area contributed by atoms with Gasteiger partial charge in [0.25, 0.3) is 5.91 Å².